The molecule has 1 unspecified atom stereocenters. The van der Waals surface area contributed by atoms with Crippen LogP contribution in [0.15, 0.2) is 42.5 Å². The summed E-state index contributed by atoms with van der Waals surface area (Å²) in [4.78, 5) is 0. The van der Waals surface area contributed by atoms with E-state index in [0.29, 0.717) is 11.5 Å². The molecule has 2 aromatic rings. The first-order valence-electron chi connectivity index (χ1n) is 6.13. The van der Waals surface area contributed by atoms with E-state index in [1.54, 1.807) is 14.2 Å². The minimum Gasteiger partial charge on any atom is -0.496 e. The van der Waals surface area contributed by atoms with E-state index in [4.69, 9.17) is 9.47 Å². The Morgan fingerprint density at radius 1 is 0.895 bits per heavy atom. The molecule has 1 atom stereocenters. The molecule has 0 aromatic heterocycles. The van der Waals surface area contributed by atoms with Crippen molar-refractivity contribution in [3.05, 3.63) is 59.2 Å². The van der Waals surface area contributed by atoms with Gasteiger partial charge in [0.25, 0.3) is 0 Å². The van der Waals surface area contributed by atoms with Gasteiger partial charge >= 0.3 is 0 Å². The number of rotatable bonds is 4. The Hall–Kier alpha value is -2.00. The Labute approximate surface area is 113 Å². The fourth-order valence-corrected chi connectivity index (χ4v) is 2.10. The SMILES string of the molecule is COc1ccccc1C(O)c1ccc(C)cc1OC. The van der Waals surface area contributed by atoms with E-state index in [0.717, 1.165) is 16.7 Å². The largest absolute Gasteiger partial charge is 0.496 e. The zero-order chi connectivity index (χ0) is 13.8. The van der Waals surface area contributed by atoms with Crippen molar-refractivity contribution in [1.82, 2.24) is 0 Å². The topological polar surface area (TPSA) is 38.7 Å². The Morgan fingerprint density at radius 3 is 2.21 bits per heavy atom. The maximum atomic E-state index is 10.5. The van der Waals surface area contributed by atoms with Crippen molar-refractivity contribution in [2.45, 2.75) is 13.0 Å². The van der Waals surface area contributed by atoms with Crippen molar-refractivity contribution in [2.75, 3.05) is 14.2 Å². The molecule has 2 aromatic carbocycles. The fraction of sp³-hybridized carbons (Fsp3) is 0.250. The number of aryl methyl sites for hydroxylation is 1. The highest BCUT2D eigenvalue weighted by Gasteiger charge is 2.18. The van der Waals surface area contributed by atoms with Crippen molar-refractivity contribution in [1.29, 1.82) is 0 Å². The summed E-state index contributed by atoms with van der Waals surface area (Å²) in [7, 11) is 3.20. The lowest BCUT2D eigenvalue weighted by Crippen LogP contribution is -2.04. The molecular formula is C16H18O3. The number of ether oxygens (including phenoxy) is 2. The fourth-order valence-electron chi connectivity index (χ4n) is 2.10. The normalized spacial score (nSPS) is 12.0. The van der Waals surface area contributed by atoms with Crippen molar-refractivity contribution in [3.8, 4) is 11.5 Å². The maximum absolute atomic E-state index is 10.5. The van der Waals surface area contributed by atoms with Gasteiger partial charge in [-0.3, -0.25) is 0 Å². The number of aliphatic hydroxyl groups excluding tert-OH is 1. The number of para-hydroxylation sites is 1. The highest BCUT2D eigenvalue weighted by atomic mass is 16.5. The summed E-state index contributed by atoms with van der Waals surface area (Å²) in [6.45, 7) is 1.99. The van der Waals surface area contributed by atoms with Crippen LogP contribution < -0.4 is 9.47 Å². The molecular weight excluding hydrogens is 240 g/mol. The molecule has 0 aliphatic heterocycles. The number of hydrogen-bond acceptors (Lipinski definition) is 3. The molecule has 0 saturated heterocycles. The average molecular weight is 258 g/mol. The molecule has 2 rings (SSSR count). The van der Waals surface area contributed by atoms with Gasteiger partial charge in [-0.05, 0) is 24.6 Å². The van der Waals surface area contributed by atoms with Gasteiger partial charge < -0.3 is 14.6 Å². The van der Waals surface area contributed by atoms with Crippen molar-refractivity contribution in [2.24, 2.45) is 0 Å². The van der Waals surface area contributed by atoms with E-state index in [9.17, 15) is 5.11 Å². The van der Waals surface area contributed by atoms with Gasteiger partial charge in [0, 0.05) is 11.1 Å². The predicted octanol–water partition coefficient (Wildman–Crippen LogP) is 3.09. The highest BCUT2D eigenvalue weighted by Crippen LogP contribution is 2.34. The molecule has 0 amide bonds. The lowest BCUT2D eigenvalue weighted by atomic mass is 9.98. The van der Waals surface area contributed by atoms with E-state index in [1.165, 1.54) is 0 Å². The molecule has 0 saturated carbocycles. The Balaban J connectivity index is 2.46. The van der Waals surface area contributed by atoms with Crippen LogP contribution in [0.2, 0.25) is 0 Å². The van der Waals surface area contributed by atoms with Gasteiger partial charge in [-0.15, -0.1) is 0 Å². The molecule has 1 N–H and O–H groups in total. The van der Waals surface area contributed by atoms with Gasteiger partial charge in [-0.2, -0.15) is 0 Å². The van der Waals surface area contributed by atoms with Crippen LogP contribution in [0, 0.1) is 6.92 Å². The average Bonchev–Trinajstić information content (AvgIpc) is 2.46. The summed E-state index contributed by atoms with van der Waals surface area (Å²) >= 11 is 0. The Bertz CT molecular complexity index is 564. The number of aliphatic hydroxyl groups is 1. The van der Waals surface area contributed by atoms with Crippen LogP contribution in [0.5, 0.6) is 11.5 Å². The zero-order valence-electron chi connectivity index (χ0n) is 11.4. The molecule has 0 aliphatic rings. The van der Waals surface area contributed by atoms with Crippen LogP contribution in [0.3, 0.4) is 0 Å². The maximum Gasteiger partial charge on any atom is 0.125 e. The third-order valence-corrected chi connectivity index (χ3v) is 3.12. The van der Waals surface area contributed by atoms with E-state index in [-0.39, 0.29) is 0 Å². The van der Waals surface area contributed by atoms with E-state index in [2.05, 4.69) is 0 Å². The first-order chi connectivity index (χ1) is 9.17. The van der Waals surface area contributed by atoms with Crippen LogP contribution in [0.4, 0.5) is 0 Å². The van der Waals surface area contributed by atoms with Crippen molar-refractivity contribution < 1.29 is 14.6 Å². The van der Waals surface area contributed by atoms with Crippen molar-refractivity contribution in [3.63, 3.8) is 0 Å². The minimum absolute atomic E-state index is 0.664. The standard InChI is InChI=1S/C16H18O3/c1-11-8-9-13(15(10-11)19-3)16(17)12-6-4-5-7-14(12)18-2/h4-10,16-17H,1-3H3. The molecule has 3 heteroatoms. The Kier molecular flexibility index (Phi) is 4.07. The van der Waals surface area contributed by atoms with Crippen LogP contribution in [0.1, 0.15) is 22.8 Å². The first-order valence-corrected chi connectivity index (χ1v) is 6.13. The Morgan fingerprint density at radius 2 is 1.53 bits per heavy atom. The van der Waals surface area contributed by atoms with Gasteiger partial charge in [0.15, 0.2) is 0 Å². The van der Waals surface area contributed by atoms with Gasteiger partial charge in [-0.25, -0.2) is 0 Å². The molecule has 0 radical (unpaired) electrons. The molecule has 19 heavy (non-hydrogen) atoms. The summed E-state index contributed by atoms with van der Waals surface area (Å²) in [6, 6.07) is 13.2. The highest BCUT2D eigenvalue weighted by molar-refractivity contribution is 5.46. The number of hydrogen-bond donors (Lipinski definition) is 1. The third-order valence-electron chi connectivity index (χ3n) is 3.12. The van der Waals surface area contributed by atoms with E-state index >= 15 is 0 Å². The smallest absolute Gasteiger partial charge is 0.125 e. The molecule has 0 heterocycles. The lowest BCUT2D eigenvalue weighted by molar-refractivity contribution is 0.209. The van der Waals surface area contributed by atoms with Gasteiger partial charge in [0.05, 0.1) is 14.2 Å². The molecule has 0 bridgehead atoms. The van der Waals surface area contributed by atoms with Crippen LogP contribution in [-0.4, -0.2) is 19.3 Å². The first kappa shape index (κ1) is 13.4. The molecule has 3 nitrogen and oxygen atoms in total. The zero-order valence-corrected chi connectivity index (χ0v) is 11.4. The van der Waals surface area contributed by atoms with Gasteiger partial charge in [0.2, 0.25) is 0 Å². The lowest BCUT2D eigenvalue weighted by Gasteiger charge is -2.18. The second-order valence-electron chi connectivity index (χ2n) is 4.39. The number of benzene rings is 2. The van der Waals surface area contributed by atoms with Crippen LogP contribution >= 0.6 is 0 Å². The quantitative estimate of drug-likeness (QED) is 0.915. The molecule has 0 spiro atoms. The summed E-state index contributed by atoms with van der Waals surface area (Å²) in [6.07, 6.45) is -0.772. The second-order valence-corrected chi connectivity index (χ2v) is 4.39. The summed E-state index contributed by atoms with van der Waals surface area (Å²) in [5, 5.41) is 10.5. The van der Waals surface area contributed by atoms with Crippen LogP contribution in [-0.2, 0) is 0 Å². The monoisotopic (exact) mass is 258 g/mol. The van der Waals surface area contributed by atoms with Crippen LogP contribution in [0.25, 0.3) is 0 Å². The predicted molar refractivity (Wildman–Crippen MR) is 74.8 cm³/mol. The van der Waals surface area contributed by atoms with E-state index in [1.807, 2.05) is 49.4 Å². The third kappa shape index (κ3) is 2.71. The molecule has 100 valence electrons. The van der Waals surface area contributed by atoms with Gasteiger partial charge in [0.1, 0.15) is 17.6 Å². The molecule has 0 aliphatic carbocycles. The van der Waals surface area contributed by atoms with E-state index < -0.39 is 6.10 Å². The van der Waals surface area contributed by atoms with Gasteiger partial charge in [-0.1, -0.05) is 30.3 Å². The number of methoxy groups -OCH3 is 2. The molecule has 0 fully saturated rings. The summed E-state index contributed by atoms with van der Waals surface area (Å²) in [5.41, 5.74) is 2.55. The second kappa shape index (κ2) is 5.76. The summed E-state index contributed by atoms with van der Waals surface area (Å²) < 4.78 is 10.6. The minimum atomic E-state index is -0.772. The summed E-state index contributed by atoms with van der Waals surface area (Å²) in [5.74, 6) is 1.34. The van der Waals surface area contributed by atoms with Crippen molar-refractivity contribution >= 4 is 0 Å².